The van der Waals surface area contributed by atoms with Gasteiger partial charge in [-0.2, -0.15) is 5.26 Å². The smallest absolute Gasteiger partial charge is 0.234 e. The number of aryl methyl sites for hydroxylation is 1. The molecule has 2 aromatic carbocycles. The summed E-state index contributed by atoms with van der Waals surface area (Å²) in [7, 11) is 0. The molecular weight excluding hydrogens is 276 g/mol. The van der Waals surface area contributed by atoms with Crippen molar-refractivity contribution < 1.29 is 9.53 Å². The zero-order chi connectivity index (χ0) is 15.8. The van der Waals surface area contributed by atoms with E-state index < -0.39 is 0 Å². The Labute approximate surface area is 130 Å². The molecule has 0 aliphatic carbocycles. The number of amides is 1. The monoisotopic (exact) mass is 294 g/mol. The molecule has 2 rings (SSSR count). The van der Waals surface area contributed by atoms with Crippen LogP contribution in [0.15, 0.2) is 48.5 Å². The summed E-state index contributed by atoms with van der Waals surface area (Å²) in [5.74, 6) is 1.35. The van der Waals surface area contributed by atoms with Crippen molar-refractivity contribution in [1.82, 2.24) is 5.32 Å². The molecular formula is C18H18N2O2. The minimum atomic E-state index is -0.234. The molecule has 1 N–H and O–H groups in total. The van der Waals surface area contributed by atoms with Gasteiger partial charge in [-0.05, 0) is 43.2 Å². The fraction of sp³-hybridized carbons (Fsp3) is 0.222. The average molecular weight is 294 g/mol. The number of nitriles is 1. The Bertz CT molecular complexity index is 655. The first kappa shape index (κ1) is 15.6. The quantitative estimate of drug-likeness (QED) is 0.888. The number of rotatable bonds is 6. The van der Waals surface area contributed by atoms with Crippen LogP contribution < -0.4 is 10.1 Å². The summed E-state index contributed by atoms with van der Waals surface area (Å²) >= 11 is 0. The van der Waals surface area contributed by atoms with E-state index >= 15 is 0 Å². The molecule has 0 radical (unpaired) electrons. The van der Waals surface area contributed by atoms with Crippen LogP contribution in [0.4, 0.5) is 0 Å². The van der Waals surface area contributed by atoms with E-state index in [1.165, 1.54) is 5.56 Å². The highest BCUT2D eigenvalue weighted by molar-refractivity contribution is 5.77. The fourth-order valence-corrected chi connectivity index (χ4v) is 1.95. The predicted molar refractivity (Wildman–Crippen MR) is 84.6 cm³/mol. The van der Waals surface area contributed by atoms with Gasteiger partial charge in [-0.25, -0.2) is 0 Å². The number of benzene rings is 2. The Morgan fingerprint density at radius 2 is 1.68 bits per heavy atom. The van der Waals surface area contributed by atoms with Crippen LogP contribution in [0.1, 0.15) is 17.5 Å². The van der Waals surface area contributed by atoms with Gasteiger partial charge in [-0.15, -0.1) is 0 Å². The van der Waals surface area contributed by atoms with Crippen molar-refractivity contribution >= 4 is 5.91 Å². The molecule has 0 aliphatic heterocycles. The third-order valence-corrected chi connectivity index (χ3v) is 3.16. The van der Waals surface area contributed by atoms with E-state index in [0.29, 0.717) is 6.54 Å². The summed E-state index contributed by atoms with van der Waals surface area (Å²) in [6, 6.07) is 17.5. The van der Waals surface area contributed by atoms with Crippen LogP contribution in [0.2, 0.25) is 0 Å². The standard InChI is InChI=1S/C18H18N2O2/c1-14-2-6-16(7-3-14)22-17-8-4-15(5-9-17)11-13-20-18(21)10-12-19/h2-9H,10-11,13H2,1H3,(H,20,21). The Morgan fingerprint density at radius 1 is 1.09 bits per heavy atom. The van der Waals surface area contributed by atoms with Gasteiger partial charge in [0.15, 0.2) is 0 Å². The second-order valence-electron chi connectivity index (χ2n) is 4.99. The van der Waals surface area contributed by atoms with Gasteiger partial charge in [0.05, 0.1) is 6.07 Å². The Kier molecular flexibility index (Phi) is 5.56. The lowest BCUT2D eigenvalue weighted by atomic mass is 10.1. The number of carbonyl (C=O) groups is 1. The largest absolute Gasteiger partial charge is 0.457 e. The van der Waals surface area contributed by atoms with Gasteiger partial charge in [-0.1, -0.05) is 29.8 Å². The molecule has 22 heavy (non-hydrogen) atoms. The van der Waals surface area contributed by atoms with Gasteiger partial charge in [0, 0.05) is 6.54 Å². The third-order valence-electron chi connectivity index (χ3n) is 3.16. The molecule has 0 aliphatic rings. The SMILES string of the molecule is Cc1ccc(Oc2ccc(CCNC(=O)CC#N)cc2)cc1. The number of nitrogens with one attached hydrogen (secondary N) is 1. The van der Waals surface area contributed by atoms with Gasteiger partial charge >= 0.3 is 0 Å². The zero-order valence-electron chi connectivity index (χ0n) is 12.5. The lowest BCUT2D eigenvalue weighted by Gasteiger charge is -2.07. The molecule has 2 aromatic rings. The van der Waals surface area contributed by atoms with Crippen molar-refractivity contribution in [1.29, 1.82) is 5.26 Å². The van der Waals surface area contributed by atoms with Crippen LogP contribution in [0.3, 0.4) is 0 Å². The maximum absolute atomic E-state index is 11.2. The minimum absolute atomic E-state index is 0.0939. The van der Waals surface area contributed by atoms with Crippen molar-refractivity contribution in [3.05, 3.63) is 59.7 Å². The van der Waals surface area contributed by atoms with Crippen LogP contribution in [0.25, 0.3) is 0 Å². The van der Waals surface area contributed by atoms with Gasteiger partial charge in [0.1, 0.15) is 17.9 Å². The van der Waals surface area contributed by atoms with Crippen molar-refractivity contribution in [3.63, 3.8) is 0 Å². The van der Waals surface area contributed by atoms with Crippen molar-refractivity contribution in [2.24, 2.45) is 0 Å². The Morgan fingerprint density at radius 3 is 2.27 bits per heavy atom. The maximum Gasteiger partial charge on any atom is 0.234 e. The molecule has 0 fully saturated rings. The summed E-state index contributed by atoms with van der Waals surface area (Å²) in [5.41, 5.74) is 2.30. The molecule has 4 heteroatoms. The lowest BCUT2D eigenvalue weighted by molar-refractivity contribution is -0.120. The summed E-state index contributed by atoms with van der Waals surface area (Å²) in [5, 5.41) is 11.1. The first-order valence-electron chi connectivity index (χ1n) is 7.14. The summed E-state index contributed by atoms with van der Waals surface area (Å²) in [6.07, 6.45) is 0.630. The number of ether oxygens (including phenoxy) is 1. The normalized spacial score (nSPS) is 9.82. The molecule has 0 saturated heterocycles. The highest BCUT2D eigenvalue weighted by Gasteiger charge is 2.01. The van der Waals surface area contributed by atoms with Crippen molar-refractivity contribution in [2.45, 2.75) is 19.8 Å². The van der Waals surface area contributed by atoms with Crippen LogP contribution >= 0.6 is 0 Å². The van der Waals surface area contributed by atoms with E-state index in [1.807, 2.05) is 61.5 Å². The second-order valence-corrected chi connectivity index (χ2v) is 4.99. The van der Waals surface area contributed by atoms with Gasteiger partial charge in [0.2, 0.25) is 5.91 Å². The molecule has 0 bridgehead atoms. The molecule has 112 valence electrons. The second kappa shape index (κ2) is 7.84. The molecule has 1 amide bonds. The van der Waals surface area contributed by atoms with Crippen LogP contribution in [-0.4, -0.2) is 12.5 Å². The predicted octanol–water partition coefficient (Wildman–Crippen LogP) is 3.36. The van der Waals surface area contributed by atoms with E-state index in [2.05, 4.69) is 5.32 Å². The van der Waals surface area contributed by atoms with Gasteiger partial charge in [0.25, 0.3) is 0 Å². The topological polar surface area (TPSA) is 62.1 Å². The lowest BCUT2D eigenvalue weighted by Crippen LogP contribution is -2.24. The number of hydrogen-bond donors (Lipinski definition) is 1. The first-order valence-corrected chi connectivity index (χ1v) is 7.14. The molecule has 0 spiro atoms. The third kappa shape index (κ3) is 4.95. The number of hydrogen-bond acceptors (Lipinski definition) is 3. The molecule has 0 heterocycles. The molecule has 0 unspecified atom stereocenters. The highest BCUT2D eigenvalue weighted by atomic mass is 16.5. The minimum Gasteiger partial charge on any atom is -0.457 e. The summed E-state index contributed by atoms with van der Waals surface area (Å²) < 4.78 is 5.76. The summed E-state index contributed by atoms with van der Waals surface area (Å²) in [6.45, 7) is 2.56. The van der Waals surface area contributed by atoms with E-state index in [1.54, 1.807) is 0 Å². The molecule has 0 atom stereocenters. The van der Waals surface area contributed by atoms with E-state index in [0.717, 1.165) is 23.5 Å². The van der Waals surface area contributed by atoms with E-state index in [4.69, 9.17) is 10.00 Å². The average Bonchev–Trinajstić information content (AvgIpc) is 2.52. The number of nitrogens with zero attached hydrogens (tertiary/aromatic N) is 1. The first-order chi connectivity index (χ1) is 10.7. The van der Waals surface area contributed by atoms with E-state index in [-0.39, 0.29) is 12.3 Å². The number of carbonyl (C=O) groups excluding carboxylic acids is 1. The Hall–Kier alpha value is -2.80. The van der Waals surface area contributed by atoms with Crippen LogP contribution in [-0.2, 0) is 11.2 Å². The van der Waals surface area contributed by atoms with Crippen LogP contribution in [0.5, 0.6) is 11.5 Å². The molecule has 0 aromatic heterocycles. The Balaban J connectivity index is 1.84. The maximum atomic E-state index is 11.2. The van der Waals surface area contributed by atoms with Gasteiger partial charge < -0.3 is 10.1 Å². The van der Waals surface area contributed by atoms with Gasteiger partial charge in [-0.3, -0.25) is 4.79 Å². The van der Waals surface area contributed by atoms with Crippen molar-refractivity contribution in [2.75, 3.05) is 6.54 Å². The fourth-order valence-electron chi connectivity index (χ4n) is 1.95. The van der Waals surface area contributed by atoms with Crippen molar-refractivity contribution in [3.8, 4) is 17.6 Å². The van der Waals surface area contributed by atoms with E-state index in [9.17, 15) is 4.79 Å². The zero-order valence-corrected chi connectivity index (χ0v) is 12.5. The van der Waals surface area contributed by atoms with Crippen LogP contribution in [0, 0.1) is 18.3 Å². The molecule has 4 nitrogen and oxygen atoms in total. The summed E-state index contributed by atoms with van der Waals surface area (Å²) in [4.78, 5) is 11.2. The highest BCUT2D eigenvalue weighted by Crippen LogP contribution is 2.21. The molecule has 0 saturated carbocycles.